The summed E-state index contributed by atoms with van der Waals surface area (Å²) in [5.74, 6) is 0.995. The van der Waals surface area contributed by atoms with Crippen molar-refractivity contribution in [1.82, 2.24) is 9.38 Å². The molecule has 0 spiro atoms. The molecule has 0 amide bonds. The SMILES string of the molecule is Cc1ccccc1Nc1c(-c2ccc(N(C)C)cc2)nc2cccc(C)n12. The van der Waals surface area contributed by atoms with Gasteiger partial charge in [0.05, 0.1) is 0 Å². The van der Waals surface area contributed by atoms with E-state index in [2.05, 4.69) is 97.2 Å². The first-order valence-corrected chi connectivity index (χ1v) is 9.13. The zero-order valence-electron chi connectivity index (χ0n) is 16.2. The summed E-state index contributed by atoms with van der Waals surface area (Å²) in [4.78, 5) is 7.03. The standard InChI is InChI=1S/C23H24N4/c1-16-8-5-6-10-20(16)24-23-22(18-12-14-19(15-13-18)26(3)4)25-21-11-7-9-17(2)27(21)23/h5-15,24H,1-4H3. The lowest BCUT2D eigenvalue weighted by molar-refractivity contribution is 1.09. The maximum absolute atomic E-state index is 4.93. The molecule has 0 unspecified atom stereocenters. The summed E-state index contributed by atoms with van der Waals surface area (Å²) in [6.45, 7) is 4.22. The highest BCUT2D eigenvalue weighted by Gasteiger charge is 2.16. The van der Waals surface area contributed by atoms with E-state index in [1.54, 1.807) is 0 Å². The number of pyridine rings is 1. The van der Waals surface area contributed by atoms with Gasteiger partial charge >= 0.3 is 0 Å². The minimum Gasteiger partial charge on any atom is -0.378 e. The Kier molecular flexibility index (Phi) is 4.32. The Hall–Kier alpha value is -3.27. The van der Waals surface area contributed by atoms with Crippen LogP contribution in [-0.2, 0) is 0 Å². The van der Waals surface area contributed by atoms with E-state index >= 15 is 0 Å². The molecule has 2 aromatic carbocycles. The van der Waals surface area contributed by atoms with Crippen LogP contribution >= 0.6 is 0 Å². The van der Waals surface area contributed by atoms with Crippen LogP contribution in [0.1, 0.15) is 11.3 Å². The number of rotatable bonds is 4. The molecule has 136 valence electrons. The number of hydrogen-bond acceptors (Lipinski definition) is 3. The molecule has 27 heavy (non-hydrogen) atoms. The van der Waals surface area contributed by atoms with Gasteiger partial charge in [0, 0.05) is 36.7 Å². The summed E-state index contributed by atoms with van der Waals surface area (Å²) < 4.78 is 2.18. The van der Waals surface area contributed by atoms with Crippen molar-refractivity contribution in [1.29, 1.82) is 0 Å². The minimum atomic E-state index is 0.942. The van der Waals surface area contributed by atoms with Crippen molar-refractivity contribution in [3.63, 3.8) is 0 Å². The van der Waals surface area contributed by atoms with Crippen molar-refractivity contribution in [3.05, 3.63) is 78.0 Å². The van der Waals surface area contributed by atoms with Crippen molar-refractivity contribution in [2.75, 3.05) is 24.3 Å². The van der Waals surface area contributed by atoms with E-state index in [-0.39, 0.29) is 0 Å². The number of hydrogen-bond donors (Lipinski definition) is 1. The summed E-state index contributed by atoms with van der Waals surface area (Å²) in [5, 5.41) is 3.63. The van der Waals surface area contributed by atoms with Gasteiger partial charge in [0.25, 0.3) is 0 Å². The van der Waals surface area contributed by atoms with E-state index in [4.69, 9.17) is 4.98 Å². The fourth-order valence-electron chi connectivity index (χ4n) is 3.33. The van der Waals surface area contributed by atoms with Gasteiger partial charge < -0.3 is 10.2 Å². The molecular weight excluding hydrogens is 332 g/mol. The number of nitrogens with one attached hydrogen (secondary N) is 1. The Morgan fingerprint density at radius 2 is 1.59 bits per heavy atom. The molecule has 4 aromatic rings. The minimum absolute atomic E-state index is 0.942. The number of imidazole rings is 1. The van der Waals surface area contributed by atoms with Gasteiger partial charge in [-0.2, -0.15) is 0 Å². The fourth-order valence-corrected chi connectivity index (χ4v) is 3.33. The monoisotopic (exact) mass is 356 g/mol. The highest BCUT2D eigenvalue weighted by molar-refractivity contribution is 5.81. The van der Waals surface area contributed by atoms with Crippen LogP contribution in [0.2, 0.25) is 0 Å². The third-order valence-corrected chi connectivity index (χ3v) is 4.89. The Morgan fingerprint density at radius 3 is 2.30 bits per heavy atom. The third-order valence-electron chi connectivity index (χ3n) is 4.89. The quantitative estimate of drug-likeness (QED) is 0.529. The van der Waals surface area contributed by atoms with Gasteiger partial charge in [-0.25, -0.2) is 4.98 Å². The number of aromatic nitrogens is 2. The van der Waals surface area contributed by atoms with Crippen molar-refractivity contribution in [2.24, 2.45) is 0 Å². The summed E-state index contributed by atoms with van der Waals surface area (Å²) in [7, 11) is 4.10. The molecule has 1 N–H and O–H groups in total. The first kappa shape index (κ1) is 17.2. The zero-order valence-corrected chi connectivity index (χ0v) is 16.2. The molecule has 0 atom stereocenters. The number of anilines is 3. The lowest BCUT2D eigenvalue weighted by Crippen LogP contribution is -2.08. The van der Waals surface area contributed by atoms with Crippen LogP contribution in [0.15, 0.2) is 66.7 Å². The maximum Gasteiger partial charge on any atom is 0.143 e. The van der Waals surface area contributed by atoms with Crippen LogP contribution in [0.4, 0.5) is 17.2 Å². The number of aryl methyl sites for hydroxylation is 2. The first-order chi connectivity index (χ1) is 13.0. The number of benzene rings is 2. The second-order valence-electron chi connectivity index (χ2n) is 7.05. The second kappa shape index (κ2) is 6.80. The number of para-hydroxylation sites is 1. The Bertz CT molecular complexity index is 1090. The average molecular weight is 356 g/mol. The predicted octanol–water partition coefficient (Wildman–Crippen LogP) is 5.43. The topological polar surface area (TPSA) is 32.6 Å². The summed E-state index contributed by atoms with van der Waals surface area (Å²) in [6, 6.07) is 23.1. The largest absolute Gasteiger partial charge is 0.378 e. The van der Waals surface area contributed by atoms with Crippen molar-refractivity contribution in [3.8, 4) is 11.3 Å². The van der Waals surface area contributed by atoms with Crippen LogP contribution < -0.4 is 10.2 Å². The van der Waals surface area contributed by atoms with Gasteiger partial charge in [-0.15, -0.1) is 0 Å². The Balaban J connectivity index is 1.89. The lowest BCUT2D eigenvalue weighted by atomic mass is 10.1. The molecule has 2 aromatic heterocycles. The van der Waals surface area contributed by atoms with Crippen molar-refractivity contribution < 1.29 is 0 Å². The van der Waals surface area contributed by atoms with Crippen molar-refractivity contribution >= 4 is 22.8 Å². The van der Waals surface area contributed by atoms with E-state index in [1.807, 2.05) is 12.1 Å². The second-order valence-corrected chi connectivity index (χ2v) is 7.05. The predicted molar refractivity (Wildman–Crippen MR) is 114 cm³/mol. The molecule has 0 aliphatic rings. The van der Waals surface area contributed by atoms with Crippen LogP contribution in [0.3, 0.4) is 0 Å². The van der Waals surface area contributed by atoms with E-state index in [0.717, 1.165) is 34.1 Å². The Morgan fingerprint density at radius 1 is 0.852 bits per heavy atom. The number of fused-ring (bicyclic) bond motifs is 1. The maximum atomic E-state index is 4.93. The molecule has 0 bridgehead atoms. The fraction of sp³-hybridized carbons (Fsp3) is 0.174. The lowest BCUT2D eigenvalue weighted by Gasteiger charge is -2.14. The summed E-state index contributed by atoms with van der Waals surface area (Å²) >= 11 is 0. The van der Waals surface area contributed by atoms with Gasteiger partial charge in [-0.1, -0.05) is 36.4 Å². The van der Waals surface area contributed by atoms with Crippen LogP contribution in [0.25, 0.3) is 16.9 Å². The average Bonchev–Trinajstić information content (AvgIpc) is 3.03. The molecule has 0 aliphatic heterocycles. The van der Waals surface area contributed by atoms with Gasteiger partial charge in [0.15, 0.2) is 0 Å². The highest BCUT2D eigenvalue weighted by atomic mass is 15.1. The molecule has 0 fully saturated rings. The van der Waals surface area contributed by atoms with E-state index in [9.17, 15) is 0 Å². The molecule has 4 nitrogen and oxygen atoms in total. The van der Waals surface area contributed by atoms with Crippen molar-refractivity contribution in [2.45, 2.75) is 13.8 Å². The molecule has 0 aliphatic carbocycles. The molecule has 0 saturated carbocycles. The van der Waals surface area contributed by atoms with Gasteiger partial charge in [0.2, 0.25) is 0 Å². The third kappa shape index (κ3) is 3.14. The van der Waals surface area contributed by atoms with E-state index < -0.39 is 0 Å². The first-order valence-electron chi connectivity index (χ1n) is 9.13. The summed E-state index contributed by atoms with van der Waals surface area (Å²) in [6.07, 6.45) is 0. The van der Waals surface area contributed by atoms with Gasteiger partial charge in [-0.3, -0.25) is 4.40 Å². The molecule has 0 radical (unpaired) electrons. The number of nitrogens with zero attached hydrogens (tertiary/aromatic N) is 3. The molecule has 0 saturated heterocycles. The molecular formula is C23H24N4. The molecule has 4 heteroatoms. The van der Waals surface area contributed by atoms with Crippen LogP contribution in [-0.4, -0.2) is 23.5 Å². The highest BCUT2D eigenvalue weighted by Crippen LogP contribution is 2.33. The normalized spacial score (nSPS) is 11.0. The zero-order chi connectivity index (χ0) is 19.0. The van der Waals surface area contributed by atoms with E-state index in [0.29, 0.717) is 0 Å². The Labute approximate surface area is 160 Å². The van der Waals surface area contributed by atoms with Crippen LogP contribution in [0.5, 0.6) is 0 Å². The van der Waals surface area contributed by atoms with Crippen LogP contribution in [0, 0.1) is 13.8 Å². The molecule has 2 heterocycles. The van der Waals surface area contributed by atoms with Gasteiger partial charge in [0.1, 0.15) is 17.2 Å². The molecule has 4 rings (SSSR count). The van der Waals surface area contributed by atoms with E-state index in [1.165, 1.54) is 11.3 Å². The smallest absolute Gasteiger partial charge is 0.143 e. The van der Waals surface area contributed by atoms with Gasteiger partial charge in [-0.05, 0) is 49.7 Å². The summed E-state index contributed by atoms with van der Waals surface area (Å²) in [5.41, 5.74) is 7.61.